The molecule has 9 unspecified atom stereocenters. The van der Waals surface area contributed by atoms with Crippen LogP contribution in [0.3, 0.4) is 0 Å². The lowest BCUT2D eigenvalue weighted by atomic mass is 9.47. The van der Waals surface area contributed by atoms with Crippen LogP contribution in [0.5, 0.6) is 0 Å². The van der Waals surface area contributed by atoms with Gasteiger partial charge in [-0.05, 0) is 188 Å². The fourth-order valence-electron chi connectivity index (χ4n) is 17.9. The van der Waals surface area contributed by atoms with Crippen LogP contribution in [0.1, 0.15) is 370 Å². The molecule has 9 atom stereocenters. The quantitative estimate of drug-likeness (QED) is 0.0260. The second kappa shape index (κ2) is 52.8. The molecule has 544 valence electrons. The van der Waals surface area contributed by atoms with Gasteiger partial charge in [-0.1, -0.05) is 272 Å². The Morgan fingerprint density at radius 3 is 1.55 bits per heavy atom. The maximum Gasteiger partial charge on any atom is 0.407 e. The van der Waals surface area contributed by atoms with E-state index >= 15 is 0 Å². The number of carbonyl (C=O) groups is 3. The summed E-state index contributed by atoms with van der Waals surface area (Å²) in [5, 5.41) is 16.7. The van der Waals surface area contributed by atoms with Crippen molar-refractivity contribution in [3.05, 3.63) is 11.6 Å². The highest BCUT2D eigenvalue weighted by Gasteiger charge is 2.59. The molecule has 0 heterocycles. The van der Waals surface area contributed by atoms with Gasteiger partial charge in [-0.3, -0.25) is 9.59 Å². The summed E-state index contributed by atoms with van der Waals surface area (Å²) in [6.07, 6.45) is 64.7. The molecule has 0 spiro atoms. The van der Waals surface area contributed by atoms with E-state index in [1.165, 1.54) is 231 Å². The minimum absolute atomic E-state index is 0.0702. The van der Waals surface area contributed by atoms with Crippen LogP contribution in [-0.4, -0.2) is 100 Å². The number of hydrogen-bond acceptors (Lipinski definition) is 8. The molecular weight excluding hydrogens is 1150 g/mol. The molecule has 11 nitrogen and oxygen atoms in total. The molecule has 11 heteroatoms. The predicted molar refractivity (Wildman–Crippen MR) is 399 cm³/mol. The zero-order chi connectivity index (χ0) is 66.9. The Kier molecular flexibility index (Phi) is 47.2. The molecule has 0 radical (unpaired) electrons. The lowest BCUT2D eigenvalue weighted by Crippen LogP contribution is -2.51. The van der Waals surface area contributed by atoms with Gasteiger partial charge in [0.05, 0.1) is 6.54 Å². The molecule has 3 saturated carbocycles. The van der Waals surface area contributed by atoms with E-state index in [4.69, 9.17) is 10.5 Å². The van der Waals surface area contributed by atoms with Crippen LogP contribution in [0.4, 0.5) is 4.79 Å². The van der Waals surface area contributed by atoms with E-state index in [0.29, 0.717) is 18.4 Å². The molecule has 93 heavy (non-hydrogen) atoms. The first-order chi connectivity index (χ1) is 45.4. The summed E-state index contributed by atoms with van der Waals surface area (Å²) in [5.74, 6) is 4.83. The Labute approximate surface area is 576 Å². The summed E-state index contributed by atoms with van der Waals surface area (Å²) < 4.78 is 6.23. The van der Waals surface area contributed by atoms with Crippen molar-refractivity contribution in [3.8, 4) is 0 Å². The Bertz CT molecular complexity index is 1850. The average Bonchev–Trinajstić information content (AvgIpc) is 1.70. The number of carbonyl (C=O) groups excluding carboxylic acids is 3. The summed E-state index contributed by atoms with van der Waals surface area (Å²) in [7, 11) is 0. The third-order valence-corrected chi connectivity index (χ3v) is 23.7. The van der Waals surface area contributed by atoms with Crippen LogP contribution >= 0.6 is 0 Å². The highest BCUT2D eigenvalue weighted by molar-refractivity contribution is 5.88. The number of amides is 3. The Morgan fingerprint density at radius 2 is 1.02 bits per heavy atom. The molecule has 0 aromatic carbocycles. The summed E-state index contributed by atoms with van der Waals surface area (Å²) in [5.41, 5.74) is 7.87. The van der Waals surface area contributed by atoms with Crippen molar-refractivity contribution >= 4 is 17.9 Å². The molecule has 0 aromatic rings. The van der Waals surface area contributed by atoms with E-state index in [-0.39, 0.29) is 36.0 Å². The zero-order valence-electron chi connectivity index (χ0n) is 62.8. The van der Waals surface area contributed by atoms with Crippen LogP contribution in [-0.2, 0) is 14.3 Å². The molecule has 0 aliphatic heterocycles. The van der Waals surface area contributed by atoms with Crippen LogP contribution in [0.15, 0.2) is 11.6 Å². The fraction of sp³-hybridized carbons (Fsp3) is 0.939. The van der Waals surface area contributed by atoms with Gasteiger partial charge in [0.2, 0.25) is 11.8 Å². The number of nitrogens with zero attached hydrogens (tertiary/aromatic N) is 1. The minimum atomic E-state index is -0.587. The van der Waals surface area contributed by atoms with E-state index in [1.807, 2.05) is 0 Å². The smallest absolute Gasteiger partial charge is 0.407 e. The second-order valence-electron chi connectivity index (χ2n) is 31.9. The minimum Gasteiger partial charge on any atom is -0.446 e. The van der Waals surface area contributed by atoms with Crippen LogP contribution in [0.25, 0.3) is 0 Å². The molecule has 3 fully saturated rings. The number of nitrogens with one attached hydrogen (secondary N) is 5. The van der Waals surface area contributed by atoms with Gasteiger partial charge in [0.25, 0.3) is 0 Å². The maximum atomic E-state index is 14.9. The number of fused-ring (bicyclic) bond motifs is 5. The SMILES string of the molecule is CCCCCCCCCCCCCCCCCCN(CCCCCCCCCCCCCCCCCC)C(=O)C(CCCCNC(=O)OC1CCC2(C)C(=CCC3C2CCC2(C)C(C(C)CCCC(C)C)CCC32)C1)NC(=O)CNCCCNCCCCNCCCN. The largest absolute Gasteiger partial charge is 0.446 e. The normalized spacial score (nSPS) is 22.5. The molecule has 0 aromatic heterocycles. The number of hydrogen-bond donors (Lipinski definition) is 6. The molecule has 4 rings (SSSR count). The standard InChI is InChI=1S/C82H157N7O4/c1-8-10-12-14-16-18-20-22-24-26-28-30-32-34-36-42-65-89(66-43-37-35-33-31-29-27-25-23-21-19-17-15-13-11-9-2)79(91)77(88-78(90)68-86-63-46-62-85-60-41-40-59-84-61-45-58-83)49-38-39-64-87-80(92)93-72-54-56-81(6)71(67-72)50-51-73-75-53-52-74(70(5)48-44-47-69(3)4)82(75,7)57-55-76(73)81/h50,69-70,72-77,84-86H,8-49,51-68,83H2,1-7H3,(H,87,92)(H,88,90). The van der Waals surface area contributed by atoms with E-state index in [0.717, 1.165) is 171 Å². The number of alkyl carbamates (subject to hydrolysis) is 1. The first-order valence-corrected chi connectivity index (χ1v) is 41.4. The lowest BCUT2D eigenvalue weighted by Gasteiger charge is -2.58. The summed E-state index contributed by atoms with van der Waals surface area (Å²) in [6.45, 7) is 24.8. The van der Waals surface area contributed by atoms with Gasteiger partial charge in [-0.15, -0.1) is 0 Å². The Hall–Kier alpha value is -2.21. The molecule has 4 aliphatic rings. The number of nitrogens with two attached hydrogens (primary N) is 1. The van der Waals surface area contributed by atoms with E-state index in [9.17, 15) is 14.4 Å². The number of ether oxygens (including phenoxy) is 1. The first kappa shape index (κ1) is 83.2. The van der Waals surface area contributed by atoms with Gasteiger partial charge in [0.15, 0.2) is 0 Å². The topological polar surface area (TPSA) is 150 Å². The van der Waals surface area contributed by atoms with Gasteiger partial charge in [0.1, 0.15) is 12.1 Å². The van der Waals surface area contributed by atoms with Crippen molar-refractivity contribution < 1.29 is 19.1 Å². The van der Waals surface area contributed by atoms with Crippen LogP contribution in [0.2, 0.25) is 0 Å². The van der Waals surface area contributed by atoms with Crippen molar-refractivity contribution in [1.29, 1.82) is 0 Å². The second-order valence-corrected chi connectivity index (χ2v) is 31.9. The monoisotopic (exact) mass is 1300 g/mol. The number of unbranched alkanes of at least 4 members (excludes halogenated alkanes) is 32. The van der Waals surface area contributed by atoms with E-state index < -0.39 is 6.04 Å². The number of rotatable bonds is 61. The summed E-state index contributed by atoms with van der Waals surface area (Å²) in [6, 6.07) is -0.587. The third kappa shape index (κ3) is 34.9. The number of allylic oxidation sites excluding steroid dienone is 1. The first-order valence-electron chi connectivity index (χ1n) is 41.4. The predicted octanol–water partition coefficient (Wildman–Crippen LogP) is 20.4. The van der Waals surface area contributed by atoms with E-state index in [2.05, 4.69) is 86.0 Å². The summed E-state index contributed by atoms with van der Waals surface area (Å²) in [4.78, 5) is 44.3. The maximum absolute atomic E-state index is 14.9. The lowest BCUT2D eigenvalue weighted by molar-refractivity contribution is -0.136. The Balaban J connectivity index is 1.27. The molecule has 3 amide bonds. The van der Waals surface area contributed by atoms with Gasteiger partial charge in [-0.2, -0.15) is 0 Å². The molecule has 7 N–H and O–H groups in total. The van der Waals surface area contributed by atoms with E-state index in [1.54, 1.807) is 5.57 Å². The van der Waals surface area contributed by atoms with Gasteiger partial charge in [-0.25, -0.2) is 4.79 Å². The molecule has 0 bridgehead atoms. The third-order valence-electron chi connectivity index (χ3n) is 23.7. The zero-order valence-corrected chi connectivity index (χ0v) is 62.8. The highest BCUT2D eigenvalue weighted by Crippen LogP contribution is 2.67. The van der Waals surface area contributed by atoms with Crippen LogP contribution < -0.4 is 32.3 Å². The van der Waals surface area contributed by atoms with Crippen molar-refractivity contribution in [2.45, 2.75) is 382 Å². The molecule has 4 aliphatic carbocycles. The van der Waals surface area contributed by atoms with Crippen molar-refractivity contribution in [2.24, 2.45) is 52.1 Å². The molecule has 0 saturated heterocycles. The van der Waals surface area contributed by atoms with Gasteiger partial charge in [0, 0.05) is 26.1 Å². The van der Waals surface area contributed by atoms with Gasteiger partial charge < -0.3 is 42.0 Å². The van der Waals surface area contributed by atoms with Crippen molar-refractivity contribution in [1.82, 2.24) is 31.5 Å². The van der Waals surface area contributed by atoms with Crippen molar-refractivity contribution in [2.75, 3.05) is 65.4 Å². The summed E-state index contributed by atoms with van der Waals surface area (Å²) >= 11 is 0. The highest BCUT2D eigenvalue weighted by atomic mass is 16.6. The van der Waals surface area contributed by atoms with Crippen molar-refractivity contribution in [3.63, 3.8) is 0 Å². The average molecular weight is 1310 g/mol. The van der Waals surface area contributed by atoms with Gasteiger partial charge >= 0.3 is 6.09 Å². The fourth-order valence-corrected chi connectivity index (χ4v) is 17.9. The Morgan fingerprint density at radius 1 is 0.527 bits per heavy atom. The van der Waals surface area contributed by atoms with Crippen LogP contribution in [0, 0.1) is 46.3 Å². The molecular formula is C82H157N7O4.